The summed E-state index contributed by atoms with van der Waals surface area (Å²) in [5, 5.41) is 5.79. The number of ether oxygens (including phenoxy) is 1. The quantitative estimate of drug-likeness (QED) is 0.480. The van der Waals surface area contributed by atoms with Crippen LogP contribution in [0.25, 0.3) is 0 Å². The molecular formula is C17H24N2O2. The third kappa shape index (κ3) is 8.31. The zero-order valence-corrected chi connectivity index (χ0v) is 12.8. The van der Waals surface area contributed by atoms with E-state index in [0.29, 0.717) is 12.3 Å². The van der Waals surface area contributed by atoms with Crippen molar-refractivity contribution < 1.29 is 9.53 Å². The van der Waals surface area contributed by atoms with Crippen LogP contribution in [0.15, 0.2) is 73.3 Å². The number of nitrogens with one attached hydrogen (secondary N) is 2. The van der Waals surface area contributed by atoms with Gasteiger partial charge < -0.3 is 15.4 Å². The summed E-state index contributed by atoms with van der Waals surface area (Å²) < 4.78 is 5.43. The van der Waals surface area contributed by atoms with Crippen LogP contribution in [-0.2, 0) is 9.53 Å². The SMILES string of the molecule is C=C/C=C(\C=C)N/C(C=C)=C/C(=C\C)OCC(=O)NCC. The largest absolute Gasteiger partial charge is 0.484 e. The molecular weight excluding hydrogens is 264 g/mol. The van der Waals surface area contributed by atoms with Gasteiger partial charge in [-0.15, -0.1) is 0 Å². The number of carbonyl (C=O) groups is 1. The third-order valence-corrected chi connectivity index (χ3v) is 2.35. The molecule has 1 amide bonds. The first-order valence-electron chi connectivity index (χ1n) is 6.73. The molecule has 2 N–H and O–H groups in total. The van der Waals surface area contributed by atoms with Gasteiger partial charge in [-0.25, -0.2) is 0 Å². The summed E-state index contributed by atoms with van der Waals surface area (Å²) in [6.07, 6.45) is 10.3. The van der Waals surface area contributed by atoms with Crippen LogP contribution in [0.3, 0.4) is 0 Å². The monoisotopic (exact) mass is 288 g/mol. The summed E-state index contributed by atoms with van der Waals surface area (Å²) >= 11 is 0. The van der Waals surface area contributed by atoms with Crippen molar-refractivity contribution in [2.24, 2.45) is 0 Å². The highest BCUT2D eigenvalue weighted by Crippen LogP contribution is 2.06. The van der Waals surface area contributed by atoms with Crippen LogP contribution in [-0.4, -0.2) is 19.1 Å². The second-order valence-electron chi connectivity index (χ2n) is 3.92. The lowest BCUT2D eigenvalue weighted by atomic mass is 10.3. The van der Waals surface area contributed by atoms with Crippen LogP contribution in [0.5, 0.6) is 0 Å². The summed E-state index contributed by atoms with van der Waals surface area (Å²) in [5.41, 5.74) is 1.52. The lowest BCUT2D eigenvalue weighted by molar-refractivity contribution is -0.124. The second-order valence-corrected chi connectivity index (χ2v) is 3.92. The number of amides is 1. The molecule has 0 aliphatic carbocycles. The normalized spacial score (nSPS) is 12.4. The molecule has 0 heterocycles. The van der Waals surface area contributed by atoms with E-state index in [1.165, 1.54) is 0 Å². The summed E-state index contributed by atoms with van der Waals surface area (Å²) in [6, 6.07) is 0. The number of likely N-dealkylation sites (N-methyl/N-ethyl adjacent to an activating group) is 1. The van der Waals surface area contributed by atoms with Crippen molar-refractivity contribution in [2.45, 2.75) is 13.8 Å². The van der Waals surface area contributed by atoms with Gasteiger partial charge in [0.15, 0.2) is 6.61 Å². The average molecular weight is 288 g/mol. The number of rotatable bonds is 10. The van der Waals surface area contributed by atoms with Crippen molar-refractivity contribution >= 4 is 5.91 Å². The third-order valence-electron chi connectivity index (χ3n) is 2.35. The molecule has 0 aromatic carbocycles. The van der Waals surface area contributed by atoms with Crippen molar-refractivity contribution in [1.82, 2.24) is 10.6 Å². The predicted octanol–water partition coefficient (Wildman–Crippen LogP) is 2.96. The lowest BCUT2D eigenvalue weighted by Crippen LogP contribution is -2.26. The number of hydrogen-bond donors (Lipinski definition) is 2. The Labute approximate surface area is 127 Å². The molecule has 0 aliphatic heterocycles. The minimum Gasteiger partial charge on any atom is -0.484 e. The fourth-order valence-electron chi connectivity index (χ4n) is 1.36. The van der Waals surface area contributed by atoms with E-state index < -0.39 is 0 Å². The molecule has 0 aromatic rings. The first-order chi connectivity index (χ1) is 10.1. The van der Waals surface area contributed by atoms with E-state index in [1.807, 2.05) is 13.8 Å². The van der Waals surface area contributed by atoms with E-state index in [2.05, 4.69) is 30.4 Å². The fraction of sp³-hybridized carbons (Fsp3) is 0.235. The first-order valence-corrected chi connectivity index (χ1v) is 6.73. The average Bonchev–Trinajstić information content (AvgIpc) is 2.49. The van der Waals surface area contributed by atoms with E-state index in [9.17, 15) is 4.79 Å². The maximum Gasteiger partial charge on any atom is 0.257 e. The molecule has 0 rings (SSSR count). The second kappa shape index (κ2) is 11.3. The van der Waals surface area contributed by atoms with Crippen LogP contribution in [0, 0.1) is 0 Å². The molecule has 0 unspecified atom stereocenters. The van der Waals surface area contributed by atoms with E-state index in [1.54, 1.807) is 36.5 Å². The zero-order chi connectivity index (χ0) is 16.1. The summed E-state index contributed by atoms with van der Waals surface area (Å²) in [7, 11) is 0. The highest BCUT2D eigenvalue weighted by atomic mass is 16.5. The minimum atomic E-state index is -0.156. The Hall–Kier alpha value is -2.49. The van der Waals surface area contributed by atoms with Crippen molar-refractivity contribution in [1.29, 1.82) is 0 Å². The van der Waals surface area contributed by atoms with Gasteiger partial charge in [-0.3, -0.25) is 4.79 Å². The molecule has 0 saturated heterocycles. The molecule has 0 fully saturated rings. The maximum absolute atomic E-state index is 11.4. The molecule has 0 aromatic heterocycles. The molecule has 0 aliphatic rings. The van der Waals surface area contributed by atoms with Gasteiger partial charge in [-0.2, -0.15) is 0 Å². The predicted molar refractivity (Wildman–Crippen MR) is 88.3 cm³/mol. The van der Waals surface area contributed by atoms with Crippen molar-refractivity contribution in [3.8, 4) is 0 Å². The van der Waals surface area contributed by atoms with Crippen LogP contribution >= 0.6 is 0 Å². The van der Waals surface area contributed by atoms with Gasteiger partial charge in [0.2, 0.25) is 0 Å². The molecule has 0 spiro atoms. The molecule has 4 nitrogen and oxygen atoms in total. The van der Waals surface area contributed by atoms with Gasteiger partial charge in [0.05, 0.1) is 0 Å². The number of carbonyl (C=O) groups excluding carboxylic acids is 1. The highest BCUT2D eigenvalue weighted by molar-refractivity contribution is 5.77. The van der Waals surface area contributed by atoms with Gasteiger partial charge in [0.1, 0.15) is 5.76 Å². The van der Waals surface area contributed by atoms with Gasteiger partial charge >= 0.3 is 0 Å². The lowest BCUT2D eigenvalue weighted by Gasteiger charge is -2.10. The van der Waals surface area contributed by atoms with Gasteiger partial charge in [0, 0.05) is 24.0 Å². The number of allylic oxidation sites excluding steroid dienone is 6. The minimum absolute atomic E-state index is 0.0226. The van der Waals surface area contributed by atoms with E-state index in [4.69, 9.17) is 4.74 Å². The molecule has 0 radical (unpaired) electrons. The van der Waals surface area contributed by atoms with E-state index >= 15 is 0 Å². The van der Waals surface area contributed by atoms with Gasteiger partial charge in [0.25, 0.3) is 5.91 Å². The molecule has 4 heteroatoms. The van der Waals surface area contributed by atoms with Crippen molar-refractivity contribution in [2.75, 3.05) is 13.2 Å². The smallest absolute Gasteiger partial charge is 0.257 e. The Kier molecular flexibility index (Phi) is 10.0. The summed E-state index contributed by atoms with van der Waals surface area (Å²) in [4.78, 5) is 11.4. The Morgan fingerprint density at radius 2 is 1.86 bits per heavy atom. The Balaban J connectivity index is 4.82. The molecule has 0 saturated carbocycles. The standard InChI is InChI=1S/C17H24N2O2/c1-6-11-14(7-2)19-15(8-3)12-16(9-4)21-13-17(20)18-10-5/h6-9,11-12,19H,1-3,10,13H2,4-5H3,(H,18,20)/b14-11+,15-12+,16-9+. The number of hydrogen-bond acceptors (Lipinski definition) is 3. The topological polar surface area (TPSA) is 50.4 Å². The van der Waals surface area contributed by atoms with Crippen molar-refractivity contribution in [3.05, 3.63) is 73.3 Å². The zero-order valence-electron chi connectivity index (χ0n) is 12.8. The molecule has 0 bridgehead atoms. The Morgan fingerprint density at radius 3 is 2.33 bits per heavy atom. The summed E-state index contributed by atoms with van der Waals surface area (Å²) in [6.45, 7) is 15.3. The maximum atomic E-state index is 11.4. The van der Waals surface area contributed by atoms with E-state index in [-0.39, 0.29) is 12.5 Å². The first kappa shape index (κ1) is 18.5. The van der Waals surface area contributed by atoms with Crippen LogP contribution < -0.4 is 10.6 Å². The van der Waals surface area contributed by atoms with Gasteiger partial charge in [-0.05, 0) is 38.2 Å². The molecule has 21 heavy (non-hydrogen) atoms. The summed E-state index contributed by atoms with van der Waals surface area (Å²) in [5.74, 6) is 0.419. The van der Waals surface area contributed by atoms with Crippen molar-refractivity contribution in [3.63, 3.8) is 0 Å². The Morgan fingerprint density at radius 1 is 1.19 bits per heavy atom. The Bertz CT molecular complexity index is 471. The van der Waals surface area contributed by atoms with Crippen LogP contribution in [0.2, 0.25) is 0 Å². The fourth-order valence-corrected chi connectivity index (χ4v) is 1.36. The highest BCUT2D eigenvalue weighted by Gasteiger charge is 2.02. The van der Waals surface area contributed by atoms with Gasteiger partial charge in [-0.1, -0.05) is 25.8 Å². The van der Waals surface area contributed by atoms with E-state index in [0.717, 1.165) is 11.4 Å². The molecule has 114 valence electrons. The van der Waals surface area contributed by atoms with Crippen LogP contribution in [0.4, 0.5) is 0 Å². The molecule has 0 atom stereocenters. The van der Waals surface area contributed by atoms with Crippen LogP contribution in [0.1, 0.15) is 13.8 Å².